The van der Waals surface area contributed by atoms with Crippen LogP contribution in [0.5, 0.6) is 17.2 Å². The Bertz CT molecular complexity index is 1570. The standard InChI is InChI=1S/C30H29N3O5S/c1-3-32-22-10-6-5-9-21(22)27-28(29(35)31-15-20-8-4-7-11-23(20)36-2)33(26(34)17-39-30(27)32)16-19-12-13-24-25(14-19)38-18-37-24/h4-14,28H,3,15-18H2,1-2H3,(H,31,35). The van der Waals surface area contributed by atoms with Gasteiger partial charge in [0.15, 0.2) is 11.5 Å². The van der Waals surface area contributed by atoms with Crippen LogP contribution >= 0.6 is 11.8 Å². The predicted molar refractivity (Wildman–Crippen MR) is 149 cm³/mol. The molecule has 39 heavy (non-hydrogen) atoms. The molecule has 1 N–H and O–H groups in total. The van der Waals surface area contributed by atoms with Crippen molar-refractivity contribution in [2.45, 2.75) is 37.6 Å². The first-order valence-electron chi connectivity index (χ1n) is 12.9. The average Bonchev–Trinajstić information content (AvgIpc) is 3.52. The molecule has 0 saturated carbocycles. The number of rotatable bonds is 7. The SMILES string of the molecule is CCn1c2c(c3ccccc31)C(C(=O)NCc1ccccc1OC)N(Cc1ccc3c(c1)OCO3)C(=O)CS2. The lowest BCUT2D eigenvalue weighted by molar-refractivity contribution is -0.139. The average molecular weight is 544 g/mol. The minimum absolute atomic E-state index is 0.0990. The number of aryl methyl sites for hydroxylation is 1. The zero-order valence-electron chi connectivity index (χ0n) is 21.8. The highest BCUT2D eigenvalue weighted by atomic mass is 32.2. The van der Waals surface area contributed by atoms with Crippen LogP contribution in [0.3, 0.4) is 0 Å². The molecule has 0 fully saturated rings. The molecule has 3 aromatic carbocycles. The first kappa shape index (κ1) is 25.2. The molecular formula is C30H29N3O5S. The van der Waals surface area contributed by atoms with Crippen LogP contribution in [-0.2, 0) is 29.2 Å². The van der Waals surface area contributed by atoms with Crippen molar-refractivity contribution in [2.75, 3.05) is 19.7 Å². The molecule has 6 rings (SSSR count). The Morgan fingerprint density at radius 1 is 1.08 bits per heavy atom. The van der Waals surface area contributed by atoms with Crippen LogP contribution in [0.15, 0.2) is 71.8 Å². The highest BCUT2D eigenvalue weighted by molar-refractivity contribution is 8.00. The van der Waals surface area contributed by atoms with Gasteiger partial charge in [-0.3, -0.25) is 9.59 Å². The van der Waals surface area contributed by atoms with Crippen molar-refractivity contribution in [3.63, 3.8) is 0 Å². The maximum absolute atomic E-state index is 14.2. The van der Waals surface area contributed by atoms with Gasteiger partial charge in [0.25, 0.3) is 0 Å². The van der Waals surface area contributed by atoms with Crippen molar-refractivity contribution in [1.82, 2.24) is 14.8 Å². The van der Waals surface area contributed by atoms with Crippen molar-refractivity contribution >= 4 is 34.5 Å². The maximum Gasteiger partial charge on any atom is 0.247 e. The van der Waals surface area contributed by atoms with Gasteiger partial charge in [-0.1, -0.05) is 54.2 Å². The number of nitrogens with one attached hydrogen (secondary N) is 1. The predicted octanol–water partition coefficient (Wildman–Crippen LogP) is 4.89. The fourth-order valence-corrected chi connectivity index (χ4v) is 6.56. The van der Waals surface area contributed by atoms with Gasteiger partial charge in [0.2, 0.25) is 18.6 Å². The van der Waals surface area contributed by atoms with Gasteiger partial charge in [-0.15, -0.1) is 0 Å². The molecular weight excluding hydrogens is 514 g/mol. The van der Waals surface area contributed by atoms with Crippen molar-refractivity contribution in [3.8, 4) is 17.2 Å². The fraction of sp³-hybridized carbons (Fsp3) is 0.267. The highest BCUT2D eigenvalue weighted by Crippen LogP contribution is 2.43. The third-order valence-corrected chi connectivity index (χ3v) is 8.30. The van der Waals surface area contributed by atoms with Gasteiger partial charge >= 0.3 is 0 Å². The number of hydrogen-bond donors (Lipinski definition) is 1. The number of carbonyl (C=O) groups is 2. The Kier molecular flexibility index (Phi) is 6.83. The number of nitrogens with zero attached hydrogens (tertiary/aromatic N) is 2. The lowest BCUT2D eigenvalue weighted by Gasteiger charge is -2.30. The Morgan fingerprint density at radius 3 is 2.72 bits per heavy atom. The van der Waals surface area contributed by atoms with Gasteiger partial charge in [-0.25, -0.2) is 0 Å². The van der Waals surface area contributed by atoms with E-state index in [1.165, 1.54) is 11.8 Å². The summed E-state index contributed by atoms with van der Waals surface area (Å²) in [6.07, 6.45) is 0. The second kappa shape index (κ2) is 10.6. The van der Waals surface area contributed by atoms with E-state index < -0.39 is 6.04 Å². The first-order valence-corrected chi connectivity index (χ1v) is 13.9. The van der Waals surface area contributed by atoms with Crippen LogP contribution in [0.4, 0.5) is 0 Å². The van der Waals surface area contributed by atoms with Crippen LogP contribution in [0.2, 0.25) is 0 Å². The molecule has 0 bridgehead atoms. The van der Waals surface area contributed by atoms with Gasteiger partial charge < -0.3 is 29.0 Å². The van der Waals surface area contributed by atoms with Gasteiger partial charge in [0.1, 0.15) is 11.8 Å². The topological polar surface area (TPSA) is 82.0 Å². The second-order valence-electron chi connectivity index (χ2n) is 9.41. The van der Waals surface area contributed by atoms with Crippen molar-refractivity contribution in [2.24, 2.45) is 0 Å². The molecule has 4 aromatic rings. The molecule has 200 valence electrons. The largest absolute Gasteiger partial charge is 0.496 e. The molecule has 2 aliphatic heterocycles. The first-order chi connectivity index (χ1) is 19.1. The van der Waals surface area contributed by atoms with E-state index in [2.05, 4.69) is 22.9 Å². The molecule has 2 amide bonds. The van der Waals surface area contributed by atoms with Crippen LogP contribution in [-0.4, -0.2) is 40.9 Å². The number of carbonyl (C=O) groups excluding carboxylic acids is 2. The zero-order valence-corrected chi connectivity index (χ0v) is 22.6. The van der Waals surface area contributed by atoms with Gasteiger partial charge in [0, 0.05) is 41.7 Å². The molecule has 2 aliphatic rings. The van der Waals surface area contributed by atoms with E-state index in [0.717, 1.165) is 39.2 Å². The second-order valence-corrected chi connectivity index (χ2v) is 10.4. The van der Waals surface area contributed by atoms with E-state index in [1.54, 1.807) is 12.0 Å². The van der Waals surface area contributed by atoms with E-state index in [4.69, 9.17) is 14.2 Å². The third-order valence-electron chi connectivity index (χ3n) is 7.20. The number of hydrogen-bond acceptors (Lipinski definition) is 6. The van der Waals surface area contributed by atoms with Crippen LogP contribution in [0.25, 0.3) is 10.9 Å². The molecule has 0 saturated heterocycles. The Balaban J connectivity index is 1.43. The molecule has 0 aliphatic carbocycles. The monoisotopic (exact) mass is 543 g/mol. The van der Waals surface area contributed by atoms with Gasteiger partial charge in [-0.05, 0) is 36.8 Å². The molecule has 9 heteroatoms. The summed E-state index contributed by atoms with van der Waals surface area (Å²) in [6.45, 7) is 3.52. The number of amides is 2. The van der Waals surface area contributed by atoms with Crippen molar-refractivity contribution < 1.29 is 23.8 Å². The van der Waals surface area contributed by atoms with Crippen LogP contribution < -0.4 is 19.5 Å². The smallest absolute Gasteiger partial charge is 0.247 e. The number of ether oxygens (including phenoxy) is 3. The summed E-state index contributed by atoms with van der Waals surface area (Å²) in [6, 6.07) is 20.5. The highest BCUT2D eigenvalue weighted by Gasteiger charge is 2.39. The number of methoxy groups -OCH3 is 1. The van der Waals surface area contributed by atoms with Gasteiger partial charge in [0.05, 0.1) is 17.9 Å². The van der Waals surface area contributed by atoms with Gasteiger partial charge in [-0.2, -0.15) is 0 Å². The summed E-state index contributed by atoms with van der Waals surface area (Å²) >= 11 is 1.50. The van der Waals surface area contributed by atoms with Crippen molar-refractivity contribution in [1.29, 1.82) is 0 Å². The fourth-order valence-electron chi connectivity index (χ4n) is 5.37. The molecule has 1 atom stereocenters. The zero-order chi connectivity index (χ0) is 26.9. The summed E-state index contributed by atoms with van der Waals surface area (Å²) < 4.78 is 18.7. The van der Waals surface area contributed by atoms with E-state index in [1.807, 2.05) is 60.7 Å². The normalized spacial score (nSPS) is 16.2. The minimum atomic E-state index is -0.819. The van der Waals surface area contributed by atoms with Crippen molar-refractivity contribution in [3.05, 3.63) is 83.4 Å². The van der Waals surface area contributed by atoms with E-state index in [0.29, 0.717) is 17.2 Å². The maximum atomic E-state index is 14.2. The summed E-state index contributed by atoms with van der Waals surface area (Å²) in [5, 5.41) is 5.04. The number of thioether (sulfide) groups is 1. The molecule has 3 heterocycles. The third kappa shape index (κ3) is 4.57. The van der Waals surface area contributed by atoms with E-state index >= 15 is 0 Å². The Labute approximate surface area is 230 Å². The Hall–Kier alpha value is -4.11. The number of para-hydroxylation sites is 2. The molecule has 1 unspecified atom stereocenters. The van der Waals surface area contributed by atoms with Crippen LogP contribution in [0.1, 0.15) is 29.7 Å². The Morgan fingerprint density at radius 2 is 1.87 bits per heavy atom. The summed E-state index contributed by atoms with van der Waals surface area (Å²) in [7, 11) is 1.61. The van der Waals surface area contributed by atoms with E-state index in [-0.39, 0.29) is 37.4 Å². The number of aromatic nitrogens is 1. The number of fused-ring (bicyclic) bond motifs is 4. The van der Waals surface area contributed by atoms with E-state index in [9.17, 15) is 9.59 Å². The molecule has 0 spiro atoms. The molecule has 1 aromatic heterocycles. The summed E-state index contributed by atoms with van der Waals surface area (Å²) in [4.78, 5) is 29.5. The summed E-state index contributed by atoms with van der Waals surface area (Å²) in [5.74, 6) is 1.92. The minimum Gasteiger partial charge on any atom is -0.496 e. The lowest BCUT2D eigenvalue weighted by atomic mass is 10.0. The molecule has 0 radical (unpaired) electrons. The van der Waals surface area contributed by atoms with Crippen LogP contribution in [0, 0.1) is 0 Å². The molecule has 8 nitrogen and oxygen atoms in total. The quantitative estimate of drug-likeness (QED) is 0.358. The lowest BCUT2D eigenvalue weighted by Crippen LogP contribution is -2.43. The summed E-state index contributed by atoms with van der Waals surface area (Å²) in [5.41, 5.74) is 3.64. The number of benzene rings is 3.